The lowest BCUT2D eigenvalue weighted by atomic mass is 10.0. The third kappa shape index (κ3) is 3.02. The molecule has 3 heterocycles. The van der Waals surface area contributed by atoms with Gasteiger partial charge in [-0.1, -0.05) is 48.5 Å². The summed E-state index contributed by atoms with van der Waals surface area (Å²) in [6.07, 6.45) is 3.02. The van der Waals surface area contributed by atoms with Gasteiger partial charge in [0.1, 0.15) is 0 Å². The number of rotatable bonds is 3. The maximum atomic E-state index is 4.89. The fourth-order valence-electron chi connectivity index (χ4n) is 3.98. The number of H-pyrrole nitrogens is 1. The van der Waals surface area contributed by atoms with Crippen LogP contribution in [0.5, 0.6) is 0 Å². The Balaban J connectivity index is 1.43. The lowest BCUT2D eigenvalue weighted by Gasteiger charge is -2.28. The maximum Gasteiger partial charge on any atom is 0.159 e. The molecule has 134 valence electrons. The van der Waals surface area contributed by atoms with Crippen LogP contribution in [-0.4, -0.2) is 26.4 Å². The first-order valence-corrected chi connectivity index (χ1v) is 9.47. The molecule has 0 saturated heterocycles. The van der Waals surface area contributed by atoms with E-state index in [-0.39, 0.29) is 0 Å². The van der Waals surface area contributed by atoms with Gasteiger partial charge in [0.25, 0.3) is 0 Å². The van der Waals surface area contributed by atoms with E-state index < -0.39 is 0 Å². The topological polar surface area (TPSA) is 44.8 Å². The summed E-state index contributed by atoms with van der Waals surface area (Å²) < 4.78 is 0. The normalized spacial score (nSPS) is 14.4. The van der Waals surface area contributed by atoms with Gasteiger partial charge < -0.3 is 4.98 Å². The van der Waals surface area contributed by atoms with Crippen LogP contribution < -0.4 is 0 Å². The SMILES string of the molecule is Cc1[nH]c2ccccc2c1CN1CCc2cnc(-c3ccccc3)nc2C1. The van der Waals surface area contributed by atoms with Crippen molar-refractivity contribution in [1.82, 2.24) is 19.9 Å². The number of nitrogens with one attached hydrogen (secondary N) is 1. The minimum absolute atomic E-state index is 0.819. The van der Waals surface area contributed by atoms with Crippen LogP contribution in [0.25, 0.3) is 22.3 Å². The summed E-state index contributed by atoms with van der Waals surface area (Å²) in [7, 11) is 0. The highest BCUT2D eigenvalue weighted by atomic mass is 15.1. The summed E-state index contributed by atoms with van der Waals surface area (Å²) in [4.78, 5) is 15.5. The number of hydrogen-bond acceptors (Lipinski definition) is 3. The highest BCUT2D eigenvalue weighted by Gasteiger charge is 2.20. The van der Waals surface area contributed by atoms with Crippen LogP contribution in [0.2, 0.25) is 0 Å². The van der Waals surface area contributed by atoms with Crippen molar-refractivity contribution in [3.63, 3.8) is 0 Å². The van der Waals surface area contributed by atoms with Crippen molar-refractivity contribution in [1.29, 1.82) is 0 Å². The Morgan fingerprint density at radius 3 is 2.74 bits per heavy atom. The number of aromatic nitrogens is 3. The second-order valence-corrected chi connectivity index (χ2v) is 7.27. The molecule has 2 aromatic heterocycles. The molecular weight excluding hydrogens is 332 g/mol. The minimum atomic E-state index is 0.819. The molecule has 4 nitrogen and oxygen atoms in total. The monoisotopic (exact) mass is 354 g/mol. The Morgan fingerprint density at radius 2 is 1.85 bits per heavy atom. The van der Waals surface area contributed by atoms with Crippen molar-refractivity contribution in [3.8, 4) is 11.4 Å². The van der Waals surface area contributed by atoms with Gasteiger partial charge in [0.05, 0.1) is 5.69 Å². The molecule has 1 aliphatic rings. The molecule has 2 aromatic carbocycles. The smallest absolute Gasteiger partial charge is 0.159 e. The average molecular weight is 354 g/mol. The van der Waals surface area contributed by atoms with E-state index in [0.29, 0.717) is 0 Å². The van der Waals surface area contributed by atoms with Gasteiger partial charge in [-0.05, 0) is 30.5 Å². The van der Waals surface area contributed by atoms with Crippen LogP contribution in [0.15, 0.2) is 60.8 Å². The third-order valence-corrected chi connectivity index (χ3v) is 5.47. The first kappa shape index (κ1) is 16.2. The molecule has 0 spiro atoms. The summed E-state index contributed by atoms with van der Waals surface area (Å²) in [5.41, 5.74) is 7.39. The molecule has 27 heavy (non-hydrogen) atoms. The zero-order chi connectivity index (χ0) is 18.2. The van der Waals surface area contributed by atoms with E-state index in [9.17, 15) is 0 Å². The fraction of sp³-hybridized carbons (Fsp3) is 0.217. The molecule has 1 N–H and O–H groups in total. The van der Waals surface area contributed by atoms with Gasteiger partial charge >= 0.3 is 0 Å². The zero-order valence-corrected chi connectivity index (χ0v) is 15.4. The van der Waals surface area contributed by atoms with Crippen LogP contribution in [0, 0.1) is 6.92 Å². The standard InChI is InChI=1S/C23H22N4/c1-16-20(19-9-5-6-10-21(19)25-16)14-27-12-11-18-13-24-23(26-22(18)15-27)17-7-3-2-4-8-17/h2-10,13,25H,11-12,14-15H2,1H3. The summed E-state index contributed by atoms with van der Waals surface area (Å²) in [6, 6.07) is 18.8. The fourth-order valence-corrected chi connectivity index (χ4v) is 3.98. The summed E-state index contributed by atoms with van der Waals surface area (Å²) in [5.74, 6) is 0.819. The lowest BCUT2D eigenvalue weighted by molar-refractivity contribution is 0.241. The molecule has 4 heteroatoms. The number of hydrogen-bond donors (Lipinski definition) is 1. The number of fused-ring (bicyclic) bond motifs is 2. The number of aromatic amines is 1. The molecule has 0 amide bonds. The van der Waals surface area contributed by atoms with Gasteiger partial charge in [-0.15, -0.1) is 0 Å². The largest absolute Gasteiger partial charge is 0.358 e. The average Bonchev–Trinajstić information content (AvgIpc) is 3.03. The van der Waals surface area contributed by atoms with Gasteiger partial charge in [0.2, 0.25) is 0 Å². The van der Waals surface area contributed by atoms with Crippen molar-refractivity contribution in [2.45, 2.75) is 26.4 Å². The molecule has 0 fully saturated rings. The van der Waals surface area contributed by atoms with Crippen LogP contribution >= 0.6 is 0 Å². The maximum absolute atomic E-state index is 4.89. The Morgan fingerprint density at radius 1 is 1.04 bits per heavy atom. The van der Waals surface area contributed by atoms with Gasteiger partial charge in [0, 0.05) is 48.0 Å². The van der Waals surface area contributed by atoms with E-state index >= 15 is 0 Å². The summed E-state index contributed by atoms with van der Waals surface area (Å²) >= 11 is 0. The van der Waals surface area contributed by atoms with E-state index in [1.165, 1.54) is 27.7 Å². The highest BCUT2D eigenvalue weighted by molar-refractivity contribution is 5.84. The Kier molecular flexibility index (Phi) is 3.98. The Bertz CT molecular complexity index is 1100. The lowest BCUT2D eigenvalue weighted by Crippen LogP contribution is -2.31. The molecule has 0 unspecified atom stereocenters. The molecule has 4 aromatic rings. The van der Waals surface area contributed by atoms with Gasteiger partial charge in [-0.2, -0.15) is 0 Å². The van der Waals surface area contributed by atoms with E-state index in [2.05, 4.69) is 58.2 Å². The van der Waals surface area contributed by atoms with Gasteiger partial charge in [-0.3, -0.25) is 4.90 Å². The van der Waals surface area contributed by atoms with Crippen LogP contribution in [0.1, 0.15) is 22.5 Å². The van der Waals surface area contributed by atoms with Crippen molar-refractivity contribution < 1.29 is 0 Å². The first-order valence-electron chi connectivity index (χ1n) is 9.47. The number of para-hydroxylation sites is 1. The molecule has 0 aliphatic carbocycles. The van der Waals surface area contributed by atoms with Crippen molar-refractivity contribution in [2.24, 2.45) is 0 Å². The second-order valence-electron chi connectivity index (χ2n) is 7.27. The first-order chi connectivity index (χ1) is 13.3. The van der Waals surface area contributed by atoms with Crippen LogP contribution in [-0.2, 0) is 19.5 Å². The third-order valence-electron chi connectivity index (χ3n) is 5.47. The molecular formula is C23H22N4. The second kappa shape index (κ2) is 6.63. The van der Waals surface area contributed by atoms with E-state index in [1.807, 2.05) is 24.4 Å². The quantitative estimate of drug-likeness (QED) is 0.589. The summed E-state index contributed by atoms with van der Waals surface area (Å²) in [5, 5.41) is 1.33. The van der Waals surface area contributed by atoms with E-state index in [1.54, 1.807) is 0 Å². The molecule has 0 atom stereocenters. The van der Waals surface area contributed by atoms with Crippen molar-refractivity contribution in [2.75, 3.05) is 6.54 Å². The predicted molar refractivity (Wildman–Crippen MR) is 108 cm³/mol. The van der Waals surface area contributed by atoms with Crippen molar-refractivity contribution in [3.05, 3.63) is 83.3 Å². The molecule has 0 saturated carbocycles. The number of nitrogens with zero attached hydrogens (tertiary/aromatic N) is 3. The number of aryl methyl sites for hydroxylation is 1. The summed E-state index contributed by atoms with van der Waals surface area (Å²) in [6.45, 7) is 5.03. The van der Waals surface area contributed by atoms with Crippen LogP contribution in [0.4, 0.5) is 0 Å². The minimum Gasteiger partial charge on any atom is -0.358 e. The van der Waals surface area contributed by atoms with E-state index in [4.69, 9.17) is 4.98 Å². The van der Waals surface area contributed by atoms with Gasteiger partial charge in [-0.25, -0.2) is 9.97 Å². The molecule has 0 radical (unpaired) electrons. The van der Waals surface area contributed by atoms with Crippen molar-refractivity contribution >= 4 is 10.9 Å². The molecule has 1 aliphatic heterocycles. The Labute approximate surface area is 158 Å². The van der Waals surface area contributed by atoms with Gasteiger partial charge in [0.15, 0.2) is 5.82 Å². The molecule has 0 bridgehead atoms. The number of benzene rings is 2. The zero-order valence-electron chi connectivity index (χ0n) is 15.4. The highest BCUT2D eigenvalue weighted by Crippen LogP contribution is 2.26. The van der Waals surface area contributed by atoms with E-state index in [0.717, 1.165) is 43.1 Å². The Hall–Kier alpha value is -2.98. The predicted octanol–water partition coefficient (Wildman–Crippen LogP) is 4.49. The van der Waals surface area contributed by atoms with Crippen LogP contribution in [0.3, 0.4) is 0 Å². The molecule has 5 rings (SSSR count).